The Bertz CT molecular complexity index is 793. The van der Waals surface area contributed by atoms with Crippen LogP contribution in [0.2, 0.25) is 0 Å². The summed E-state index contributed by atoms with van der Waals surface area (Å²) in [4.78, 5) is 4.48. The maximum Gasteiger partial charge on any atom is 0.146 e. The number of fused-ring (bicyclic) bond motifs is 1. The fourth-order valence-corrected chi connectivity index (χ4v) is 2.32. The van der Waals surface area contributed by atoms with Gasteiger partial charge in [0, 0.05) is 12.1 Å². The number of halogens is 2. The minimum absolute atomic E-state index is 0.0726. The zero-order chi connectivity index (χ0) is 14.3. The minimum Gasteiger partial charge on any atom is -0.396 e. The lowest BCUT2D eigenvalue weighted by atomic mass is 10.2. The first kappa shape index (κ1) is 12.6. The molecule has 2 aromatic carbocycles. The highest BCUT2D eigenvalue weighted by Gasteiger charge is 2.13. The van der Waals surface area contributed by atoms with Gasteiger partial charge in [0.15, 0.2) is 0 Å². The third kappa shape index (κ3) is 1.91. The molecule has 5 heteroatoms. The van der Waals surface area contributed by atoms with E-state index in [0.29, 0.717) is 29.0 Å². The molecule has 0 unspecified atom stereocenters. The van der Waals surface area contributed by atoms with Gasteiger partial charge >= 0.3 is 0 Å². The van der Waals surface area contributed by atoms with E-state index in [1.807, 2.05) is 11.5 Å². The SMILES string of the molecule is CCn1c(-c2ccc(F)c(N)c2)nc2ccc(F)cc21. The molecule has 0 atom stereocenters. The van der Waals surface area contributed by atoms with Gasteiger partial charge in [-0.05, 0) is 43.3 Å². The molecule has 0 aliphatic heterocycles. The van der Waals surface area contributed by atoms with Gasteiger partial charge in [0.25, 0.3) is 0 Å². The van der Waals surface area contributed by atoms with Crippen molar-refractivity contribution in [2.45, 2.75) is 13.5 Å². The molecule has 1 aromatic heterocycles. The second kappa shape index (κ2) is 4.59. The van der Waals surface area contributed by atoms with Gasteiger partial charge in [-0.2, -0.15) is 0 Å². The van der Waals surface area contributed by atoms with E-state index >= 15 is 0 Å². The van der Waals surface area contributed by atoms with E-state index in [-0.39, 0.29) is 11.5 Å². The average Bonchev–Trinajstić information content (AvgIpc) is 2.79. The number of aryl methyl sites for hydroxylation is 1. The lowest BCUT2D eigenvalue weighted by molar-refractivity contribution is 0.628. The Kier molecular flexibility index (Phi) is 2.89. The number of rotatable bonds is 2. The highest BCUT2D eigenvalue weighted by atomic mass is 19.1. The minimum atomic E-state index is -0.459. The Morgan fingerprint density at radius 1 is 1.15 bits per heavy atom. The summed E-state index contributed by atoms with van der Waals surface area (Å²) in [6.07, 6.45) is 0. The smallest absolute Gasteiger partial charge is 0.146 e. The van der Waals surface area contributed by atoms with Crippen LogP contribution in [0.1, 0.15) is 6.92 Å². The molecule has 1 heterocycles. The summed E-state index contributed by atoms with van der Waals surface area (Å²) in [6.45, 7) is 2.58. The zero-order valence-electron chi connectivity index (χ0n) is 10.9. The van der Waals surface area contributed by atoms with Gasteiger partial charge in [0.2, 0.25) is 0 Å². The van der Waals surface area contributed by atoms with Crippen LogP contribution in [-0.2, 0) is 6.54 Å². The fraction of sp³-hybridized carbons (Fsp3) is 0.133. The van der Waals surface area contributed by atoms with Crippen LogP contribution in [0.25, 0.3) is 22.4 Å². The van der Waals surface area contributed by atoms with Crippen molar-refractivity contribution in [1.29, 1.82) is 0 Å². The van der Waals surface area contributed by atoms with Crippen LogP contribution in [0.5, 0.6) is 0 Å². The predicted octanol–water partition coefficient (Wildman–Crippen LogP) is 3.58. The van der Waals surface area contributed by atoms with Crippen molar-refractivity contribution in [3.05, 3.63) is 48.0 Å². The highest BCUT2D eigenvalue weighted by Crippen LogP contribution is 2.27. The molecule has 0 fully saturated rings. The molecule has 0 aliphatic rings. The van der Waals surface area contributed by atoms with Crippen LogP contribution in [0.3, 0.4) is 0 Å². The second-order valence-corrected chi connectivity index (χ2v) is 4.55. The maximum absolute atomic E-state index is 13.4. The first-order valence-electron chi connectivity index (χ1n) is 6.31. The highest BCUT2D eigenvalue weighted by molar-refractivity contribution is 5.81. The molecule has 20 heavy (non-hydrogen) atoms. The molecule has 0 saturated carbocycles. The van der Waals surface area contributed by atoms with Gasteiger partial charge in [-0.3, -0.25) is 0 Å². The van der Waals surface area contributed by atoms with Crippen LogP contribution in [0.4, 0.5) is 14.5 Å². The van der Waals surface area contributed by atoms with Crippen molar-refractivity contribution < 1.29 is 8.78 Å². The summed E-state index contributed by atoms with van der Waals surface area (Å²) in [5, 5.41) is 0. The van der Waals surface area contributed by atoms with Crippen LogP contribution in [0.15, 0.2) is 36.4 Å². The van der Waals surface area contributed by atoms with Gasteiger partial charge in [-0.15, -0.1) is 0 Å². The van der Waals surface area contributed by atoms with Crippen molar-refractivity contribution in [3.8, 4) is 11.4 Å². The zero-order valence-corrected chi connectivity index (χ0v) is 10.9. The molecule has 0 spiro atoms. The normalized spacial score (nSPS) is 11.2. The van der Waals surface area contributed by atoms with Gasteiger partial charge in [-0.1, -0.05) is 0 Å². The first-order chi connectivity index (χ1) is 9.60. The Hall–Kier alpha value is -2.43. The Balaban J connectivity index is 2.27. The summed E-state index contributed by atoms with van der Waals surface area (Å²) in [5.74, 6) is -0.115. The van der Waals surface area contributed by atoms with Crippen molar-refractivity contribution >= 4 is 16.7 Å². The predicted molar refractivity (Wildman–Crippen MR) is 75.2 cm³/mol. The molecule has 3 aromatic rings. The molecule has 3 nitrogen and oxygen atoms in total. The largest absolute Gasteiger partial charge is 0.396 e. The van der Waals surface area contributed by atoms with E-state index in [1.165, 1.54) is 18.2 Å². The van der Waals surface area contributed by atoms with E-state index in [1.54, 1.807) is 18.2 Å². The maximum atomic E-state index is 13.4. The van der Waals surface area contributed by atoms with E-state index in [4.69, 9.17) is 5.73 Å². The molecule has 0 saturated heterocycles. The summed E-state index contributed by atoms with van der Waals surface area (Å²) in [6, 6.07) is 8.92. The van der Waals surface area contributed by atoms with Crippen molar-refractivity contribution in [1.82, 2.24) is 9.55 Å². The van der Waals surface area contributed by atoms with Gasteiger partial charge < -0.3 is 10.3 Å². The summed E-state index contributed by atoms with van der Waals surface area (Å²) in [5.41, 5.74) is 7.79. The molecular formula is C15H13F2N3. The van der Waals surface area contributed by atoms with Crippen LogP contribution >= 0.6 is 0 Å². The summed E-state index contributed by atoms with van der Waals surface area (Å²) in [7, 11) is 0. The number of aromatic nitrogens is 2. The molecular weight excluding hydrogens is 260 g/mol. The average molecular weight is 273 g/mol. The lowest BCUT2D eigenvalue weighted by Crippen LogP contribution is -1.99. The van der Waals surface area contributed by atoms with Crippen molar-refractivity contribution in [3.63, 3.8) is 0 Å². The summed E-state index contributed by atoms with van der Waals surface area (Å²) >= 11 is 0. The van der Waals surface area contributed by atoms with E-state index in [0.717, 1.165) is 0 Å². The lowest BCUT2D eigenvalue weighted by Gasteiger charge is -2.07. The molecule has 0 aliphatic carbocycles. The third-order valence-corrected chi connectivity index (χ3v) is 3.28. The quantitative estimate of drug-likeness (QED) is 0.725. The first-order valence-corrected chi connectivity index (χ1v) is 6.31. The monoisotopic (exact) mass is 273 g/mol. The van der Waals surface area contributed by atoms with Gasteiger partial charge in [-0.25, -0.2) is 13.8 Å². The van der Waals surface area contributed by atoms with E-state index < -0.39 is 5.82 Å². The molecule has 0 radical (unpaired) electrons. The molecule has 0 amide bonds. The number of nitrogens with two attached hydrogens (primary N) is 1. The summed E-state index contributed by atoms with van der Waals surface area (Å²) < 4.78 is 28.5. The Labute approximate surface area is 114 Å². The van der Waals surface area contributed by atoms with Crippen LogP contribution in [-0.4, -0.2) is 9.55 Å². The van der Waals surface area contributed by atoms with Crippen LogP contribution < -0.4 is 5.73 Å². The second-order valence-electron chi connectivity index (χ2n) is 4.55. The fourth-order valence-electron chi connectivity index (χ4n) is 2.32. The number of hydrogen-bond donors (Lipinski definition) is 1. The van der Waals surface area contributed by atoms with E-state index in [2.05, 4.69) is 4.98 Å². The standard InChI is InChI=1S/C15H13F2N3/c1-2-20-14-8-10(16)4-6-13(14)19-15(20)9-3-5-11(17)12(18)7-9/h3-8H,2,18H2,1H3. The Morgan fingerprint density at radius 2 is 1.95 bits per heavy atom. The number of nitrogen functional groups attached to an aromatic ring is 1. The molecule has 0 bridgehead atoms. The number of imidazole rings is 1. The number of hydrogen-bond acceptors (Lipinski definition) is 2. The number of benzene rings is 2. The van der Waals surface area contributed by atoms with E-state index in [9.17, 15) is 8.78 Å². The third-order valence-electron chi connectivity index (χ3n) is 3.28. The molecule has 3 rings (SSSR count). The topological polar surface area (TPSA) is 43.8 Å². The molecule has 102 valence electrons. The number of anilines is 1. The van der Waals surface area contributed by atoms with Crippen molar-refractivity contribution in [2.75, 3.05) is 5.73 Å². The Morgan fingerprint density at radius 3 is 2.65 bits per heavy atom. The van der Waals surface area contributed by atoms with Gasteiger partial charge in [0.05, 0.1) is 16.7 Å². The van der Waals surface area contributed by atoms with Crippen molar-refractivity contribution in [2.24, 2.45) is 0 Å². The number of nitrogens with zero attached hydrogens (tertiary/aromatic N) is 2. The van der Waals surface area contributed by atoms with Gasteiger partial charge in [0.1, 0.15) is 17.5 Å². The molecule has 2 N–H and O–H groups in total. The van der Waals surface area contributed by atoms with Crippen LogP contribution in [0, 0.1) is 11.6 Å².